The SMILES string of the molecule is CCC1(O)C=c2ccccc2=C1C(O)CCO. The van der Waals surface area contributed by atoms with E-state index in [4.69, 9.17) is 5.11 Å². The van der Waals surface area contributed by atoms with Gasteiger partial charge in [-0.25, -0.2) is 0 Å². The molecule has 0 aromatic heterocycles. The van der Waals surface area contributed by atoms with Gasteiger partial charge in [0.25, 0.3) is 0 Å². The maximum Gasteiger partial charge on any atom is 0.108 e. The molecule has 2 unspecified atom stereocenters. The summed E-state index contributed by atoms with van der Waals surface area (Å²) in [6.07, 6.45) is 1.75. The van der Waals surface area contributed by atoms with E-state index in [0.29, 0.717) is 12.0 Å². The smallest absolute Gasteiger partial charge is 0.108 e. The fourth-order valence-corrected chi connectivity index (χ4v) is 2.46. The van der Waals surface area contributed by atoms with E-state index in [2.05, 4.69) is 0 Å². The summed E-state index contributed by atoms with van der Waals surface area (Å²) in [4.78, 5) is 0. The molecule has 3 nitrogen and oxygen atoms in total. The van der Waals surface area contributed by atoms with Crippen molar-refractivity contribution in [3.05, 3.63) is 34.7 Å². The highest BCUT2D eigenvalue weighted by Crippen LogP contribution is 2.29. The van der Waals surface area contributed by atoms with Crippen LogP contribution >= 0.6 is 0 Å². The molecule has 2 atom stereocenters. The fraction of sp³-hybridized carbons (Fsp3) is 0.429. The van der Waals surface area contributed by atoms with Crippen LogP contribution in [0.2, 0.25) is 0 Å². The molecule has 92 valence electrons. The molecule has 0 saturated heterocycles. The van der Waals surface area contributed by atoms with E-state index in [0.717, 1.165) is 10.4 Å². The van der Waals surface area contributed by atoms with Crippen LogP contribution in [0.25, 0.3) is 11.6 Å². The molecule has 0 amide bonds. The fourth-order valence-electron chi connectivity index (χ4n) is 2.46. The lowest BCUT2D eigenvalue weighted by Crippen LogP contribution is -2.34. The zero-order chi connectivity index (χ0) is 12.5. The minimum Gasteiger partial charge on any atom is -0.396 e. The first-order chi connectivity index (χ1) is 8.12. The number of fused-ring (bicyclic) bond motifs is 1. The minimum absolute atomic E-state index is 0.0906. The Bertz CT molecular complexity index is 521. The molecule has 0 heterocycles. The van der Waals surface area contributed by atoms with Gasteiger partial charge in [-0.05, 0) is 22.9 Å². The van der Waals surface area contributed by atoms with Crippen molar-refractivity contribution >= 4 is 11.6 Å². The van der Waals surface area contributed by atoms with Crippen LogP contribution in [0, 0.1) is 0 Å². The van der Waals surface area contributed by atoms with E-state index in [1.807, 2.05) is 31.2 Å². The number of hydrogen-bond donors (Lipinski definition) is 3. The molecule has 0 fully saturated rings. The van der Waals surface area contributed by atoms with Gasteiger partial charge in [0.2, 0.25) is 0 Å². The molecule has 1 aromatic carbocycles. The molecule has 1 aliphatic rings. The van der Waals surface area contributed by atoms with Crippen LogP contribution in [0.4, 0.5) is 0 Å². The highest BCUT2D eigenvalue weighted by Gasteiger charge is 2.35. The largest absolute Gasteiger partial charge is 0.396 e. The summed E-state index contributed by atoms with van der Waals surface area (Å²) in [7, 11) is 0. The topological polar surface area (TPSA) is 60.7 Å². The molecule has 0 saturated carbocycles. The van der Waals surface area contributed by atoms with Crippen LogP contribution in [0.3, 0.4) is 0 Å². The van der Waals surface area contributed by atoms with E-state index < -0.39 is 11.7 Å². The number of aliphatic hydroxyl groups excluding tert-OH is 2. The summed E-state index contributed by atoms with van der Waals surface area (Å²) in [5.41, 5.74) is -0.470. The van der Waals surface area contributed by atoms with Crippen LogP contribution in [-0.4, -0.2) is 33.6 Å². The standard InChI is InChI=1S/C14H18O3/c1-2-14(17)9-10-5-3-4-6-11(10)13(14)12(16)7-8-15/h3-6,9,12,15-17H,2,7-8H2,1H3. The summed E-state index contributed by atoms with van der Waals surface area (Å²) in [5.74, 6) is 0. The van der Waals surface area contributed by atoms with Crippen LogP contribution in [-0.2, 0) is 0 Å². The first-order valence-corrected chi connectivity index (χ1v) is 5.96. The molecule has 3 N–H and O–H groups in total. The Morgan fingerprint density at radius 2 is 2.00 bits per heavy atom. The molecule has 0 spiro atoms. The average Bonchev–Trinajstić information content (AvgIpc) is 2.62. The van der Waals surface area contributed by atoms with Gasteiger partial charge < -0.3 is 15.3 Å². The van der Waals surface area contributed by atoms with E-state index in [9.17, 15) is 10.2 Å². The average molecular weight is 234 g/mol. The molecule has 0 radical (unpaired) electrons. The monoisotopic (exact) mass is 234 g/mol. The molecule has 0 bridgehead atoms. The summed E-state index contributed by atoms with van der Waals surface area (Å²) in [5, 5.41) is 31.4. The Labute approximate surface area is 100 Å². The normalized spacial score (nSPS) is 24.4. The summed E-state index contributed by atoms with van der Waals surface area (Å²) in [6, 6.07) is 7.62. The summed E-state index contributed by atoms with van der Waals surface area (Å²) >= 11 is 0. The number of hydrogen-bond acceptors (Lipinski definition) is 3. The van der Waals surface area contributed by atoms with Crippen LogP contribution in [0.1, 0.15) is 19.8 Å². The first-order valence-electron chi connectivity index (χ1n) is 5.96. The van der Waals surface area contributed by atoms with Crippen molar-refractivity contribution in [2.75, 3.05) is 6.61 Å². The summed E-state index contributed by atoms with van der Waals surface area (Å²) < 4.78 is 0. The lowest BCUT2D eigenvalue weighted by Gasteiger charge is -2.27. The van der Waals surface area contributed by atoms with Gasteiger partial charge in [0.05, 0.1) is 6.10 Å². The molecule has 3 heteroatoms. The Morgan fingerprint density at radius 1 is 1.29 bits per heavy atom. The highest BCUT2D eigenvalue weighted by molar-refractivity contribution is 5.73. The van der Waals surface area contributed by atoms with Crippen molar-refractivity contribution in [2.45, 2.75) is 31.5 Å². The Hall–Kier alpha value is -1.16. The zero-order valence-electron chi connectivity index (χ0n) is 9.93. The van der Waals surface area contributed by atoms with Crippen molar-refractivity contribution in [3.63, 3.8) is 0 Å². The van der Waals surface area contributed by atoms with E-state index in [1.165, 1.54) is 0 Å². The van der Waals surface area contributed by atoms with Gasteiger partial charge in [-0.3, -0.25) is 0 Å². The van der Waals surface area contributed by atoms with Gasteiger partial charge in [-0.2, -0.15) is 0 Å². The predicted octanol–water partition coefficient (Wildman–Crippen LogP) is -0.484. The molecular weight excluding hydrogens is 216 g/mol. The van der Waals surface area contributed by atoms with Crippen LogP contribution in [0.15, 0.2) is 24.3 Å². The molecule has 17 heavy (non-hydrogen) atoms. The van der Waals surface area contributed by atoms with Gasteiger partial charge in [0, 0.05) is 18.6 Å². The third kappa shape index (κ3) is 2.02. The Balaban J connectivity index is 2.62. The van der Waals surface area contributed by atoms with Gasteiger partial charge in [-0.1, -0.05) is 31.2 Å². The zero-order valence-corrected chi connectivity index (χ0v) is 9.93. The van der Waals surface area contributed by atoms with Gasteiger partial charge in [0.1, 0.15) is 5.60 Å². The molecule has 0 aliphatic heterocycles. The lowest BCUT2D eigenvalue weighted by atomic mass is 9.88. The highest BCUT2D eigenvalue weighted by atomic mass is 16.3. The second kappa shape index (κ2) is 4.61. The van der Waals surface area contributed by atoms with Gasteiger partial charge in [-0.15, -0.1) is 0 Å². The maximum atomic E-state index is 10.5. The number of rotatable bonds is 4. The quantitative estimate of drug-likeness (QED) is 0.659. The number of benzene rings is 1. The van der Waals surface area contributed by atoms with Crippen LogP contribution < -0.4 is 10.4 Å². The predicted molar refractivity (Wildman–Crippen MR) is 66.5 cm³/mol. The maximum absolute atomic E-state index is 10.5. The third-order valence-corrected chi connectivity index (χ3v) is 3.39. The molecule has 1 aromatic rings. The van der Waals surface area contributed by atoms with Crippen molar-refractivity contribution < 1.29 is 15.3 Å². The van der Waals surface area contributed by atoms with Crippen molar-refractivity contribution in [2.24, 2.45) is 0 Å². The molecule has 1 aliphatic carbocycles. The van der Waals surface area contributed by atoms with Gasteiger partial charge in [0.15, 0.2) is 0 Å². The summed E-state index contributed by atoms with van der Waals surface area (Å²) in [6.45, 7) is 1.79. The second-order valence-electron chi connectivity index (χ2n) is 4.45. The van der Waals surface area contributed by atoms with E-state index in [1.54, 1.807) is 6.08 Å². The van der Waals surface area contributed by atoms with Crippen LogP contribution in [0.5, 0.6) is 0 Å². The molecular formula is C14H18O3. The van der Waals surface area contributed by atoms with E-state index in [-0.39, 0.29) is 13.0 Å². The van der Waals surface area contributed by atoms with Crippen molar-refractivity contribution in [3.8, 4) is 0 Å². The minimum atomic E-state index is -1.09. The Kier molecular flexibility index (Phi) is 3.33. The second-order valence-corrected chi connectivity index (χ2v) is 4.45. The van der Waals surface area contributed by atoms with Crippen molar-refractivity contribution in [1.82, 2.24) is 0 Å². The number of aliphatic hydroxyl groups is 3. The third-order valence-electron chi connectivity index (χ3n) is 3.39. The Morgan fingerprint density at radius 3 is 2.65 bits per heavy atom. The molecule has 2 rings (SSSR count). The van der Waals surface area contributed by atoms with E-state index >= 15 is 0 Å². The van der Waals surface area contributed by atoms with Gasteiger partial charge >= 0.3 is 0 Å². The first kappa shape index (κ1) is 12.3. The lowest BCUT2D eigenvalue weighted by molar-refractivity contribution is 0.118. The van der Waals surface area contributed by atoms with Crippen molar-refractivity contribution in [1.29, 1.82) is 0 Å².